The third-order valence-electron chi connectivity index (χ3n) is 4.45. The van der Waals surface area contributed by atoms with Crippen molar-refractivity contribution < 1.29 is 4.79 Å². The number of anilines is 1. The first-order chi connectivity index (χ1) is 9.16. The molecule has 0 unspecified atom stereocenters. The lowest BCUT2D eigenvalue weighted by molar-refractivity contribution is -0.123. The van der Waals surface area contributed by atoms with Gasteiger partial charge in [-0.15, -0.1) is 0 Å². The number of rotatable bonds is 1. The zero-order chi connectivity index (χ0) is 13.4. The van der Waals surface area contributed by atoms with Crippen LogP contribution in [0.15, 0.2) is 22.7 Å². The number of halogens is 1. The molecule has 19 heavy (non-hydrogen) atoms. The van der Waals surface area contributed by atoms with E-state index in [4.69, 9.17) is 0 Å². The SMILES string of the molecule is C[C@@H]1Cc2cc(Br)ccc2N1C(=O)C1CCCCC1. The van der Waals surface area contributed by atoms with Crippen molar-refractivity contribution >= 4 is 27.5 Å². The first kappa shape index (κ1) is 13.2. The van der Waals surface area contributed by atoms with Crippen LogP contribution in [0.3, 0.4) is 0 Å². The van der Waals surface area contributed by atoms with E-state index in [1.54, 1.807) is 0 Å². The Morgan fingerprint density at radius 2 is 2.00 bits per heavy atom. The molecule has 1 atom stereocenters. The molecule has 1 aliphatic heterocycles. The molecule has 1 saturated carbocycles. The number of benzene rings is 1. The predicted molar refractivity (Wildman–Crippen MR) is 81.4 cm³/mol. The highest BCUT2D eigenvalue weighted by Gasteiger charge is 2.35. The summed E-state index contributed by atoms with van der Waals surface area (Å²) in [6.07, 6.45) is 6.86. The maximum Gasteiger partial charge on any atom is 0.230 e. The van der Waals surface area contributed by atoms with Crippen LogP contribution in [-0.2, 0) is 11.2 Å². The molecule has 0 bridgehead atoms. The predicted octanol–water partition coefficient (Wildman–Crippen LogP) is 4.31. The zero-order valence-electron chi connectivity index (χ0n) is 11.4. The Hall–Kier alpha value is -0.830. The van der Waals surface area contributed by atoms with Crippen LogP contribution >= 0.6 is 15.9 Å². The van der Waals surface area contributed by atoms with Crippen LogP contribution in [0.5, 0.6) is 0 Å². The molecule has 3 rings (SSSR count). The van der Waals surface area contributed by atoms with Crippen LogP contribution in [0.4, 0.5) is 5.69 Å². The minimum Gasteiger partial charge on any atom is -0.309 e. The molecule has 1 heterocycles. The molecule has 1 aromatic carbocycles. The molecule has 0 N–H and O–H groups in total. The second-order valence-electron chi connectivity index (χ2n) is 5.87. The lowest BCUT2D eigenvalue weighted by atomic mass is 9.88. The van der Waals surface area contributed by atoms with Crippen molar-refractivity contribution in [2.75, 3.05) is 4.90 Å². The first-order valence-corrected chi connectivity index (χ1v) is 8.07. The maximum absolute atomic E-state index is 12.8. The van der Waals surface area contributed by atoms with E-state index < -0.39 is 0 Å². The van der Waals surface area contributed by atoms with E-state index in [0.29, 0.717) is 11.9 Å². The number of hydrogen-bond acceptors (Lipinski definition) is 1. The normalized spacial score (nSPS) is 23.5. The second-order valence-corrected chi connectivity index (χ2v) is 6.79. The van der Waals surface area contributed by atoms with Crippen LogP contribution in [0, 0.1) is 5.92 Å². The Bertz CT molecular complexity index is 494. The molecule has 1 fully saturated rings. The molecular weight excluding hydrogens is 302 g/mol. The van der Waals surface area contributed by atoms with Crippen molar-refractivity contribution in [2.45, 2.75) is 51.5 Å². The maximum atomic E-state index is 12.8. The van der Waals surface area contributed by atoms with Gasteiger partial charge in [0.1, 0.15) is 0 Å². The summed E-state index contributed by atoms with van der Waals surface area (Å²) in [6.45, 7) is 2.16. The molecule has 2 aliphatic rings. The third-order valence-corrected chi connectivity index (χ3v) is 4.94. The average Bonchev–Trinajstić information content (AvgIpc) is 2.74. The fraction of sp³-hybridized carbons (Fsp3) is 0.562. The first-order valence-electron chi connectivity index (χ1n) is 7.28. The van der Waals surface area contributed by atoms with Gasteiger partial charge in [0.15, 0.2) is 0 Å². The Balaban J connectivity index is 1.86. The Kier molecular flexibility index (Phi) is 3.66. The van der Waals surface area contributed by atoms with Gasteiger partial charge in [-0.2, -0.15) is 0 Å². The van der Waals surface area contributed by atoms with E-state index in [-0.39, 0.29) is 5.92 Å². The molecule has 0 spiro atoms. The minimum absolute atomic E-state index is 0.255. The summed E-state index contributed by atoms with van der Waals surface area (Å²) >= 11 is 3.51. The van der Waals surface area contributed by atoms with Gasteiger partial charge in [0.05, 0.1) is 0 Å². The van der Waals surface area contributed by atoms with Gasteiger partial charge < -0.3 is 4.90 Å². The van der Waals surface area contributed by atoms with Gasteiger partial charge >= 0.3 is 0 Å². The summed E-state index contributed by atoms with van der Waals surface area (Å²) < 4.78 is 1.10. The van der Waals surface area contributed by atoms with Crippen LogP contribution in [-0.4, -0.2) is 11.9 Å². The minimum atomic E-state index is 0.255. The van der Waals surface area contributed by atoms with Gasteiger partial charge in [-0.05, 0) is 49.9 Å². The Morgan fingerprint density at radius 3 is 2.74 bits per heavy atom. The number of hydrogen-bond donors (Lipinski definition) is 0. The lowest BCUT2D eigenvalue weighted by Gasteiger charge is -2.29. The molecule has 0 radical (unpaired) electrons. The van der Waals surface area contributed by atoms with Crippen molar-refractivity contribution in [1.82, 2.24) is 0 Å². The van der Waals surface area contributed by atoms with Gasteiger partial charge in [-0.3, -0.25) is 4.79 Å². The standard InChI is InChI=1S/C16H20BrNO/c1-11-9-13-10-14(17)7-8-15(13)18(11)16(19)12-5-3-2-4-6-12/h7-8,10-12H,2-6,9H2,1H3/t11-/m1/s1. The van der Waals surface area contributed by atoms with E-state index in [1.165, 1.54) is 24.8 Å². The fourth-order valence-corrected chi connectivity index (χ4v) is 3.89. The number of nitrogens with zero attached hydrogens (tertiary/aromatic N) is 1. The molecule has 0 aromatic heterocycles. The van der Waals surface area contributed by atoms with Crippen molar-refractivity contribution in [3.8, 4) is 0 Å². The topological polar surface area (TPSA) is 20.3 Å². The molecule has 1 aromatic rings. The Morgan fingerprint density at radius 1 is 1.26 bits per heavy atom. The van der Waals surface area contributed by atoms with Gasteiger partial charge in [-0.25, -0.2) is 0 Å². The van der Waals surface area contributed by atoms with Crippen LogP contribution in [0.2, 0.25) is 0 Å². The van der Waals surface area contributed by atoms with Gasteiger partial charge in [0, 0.05) is 22.1 Å². The second kappa shape index (κ2) is 5.28. The summed E-state index contributed by atoms with van der Waals surface area (Å²) in [7, 11) is 0. The lowest BCUT2D eigenvalue weighted by Crippen LogP contribution is -2.40. The molecule has 1 amide bonds. The summed E-state index contributed by atoms with van der Waals surface area (Å²) in [6, 6.07) is 6.58. The molecule has 0 saturated heterocycles. The quantitative estimate of drug-likeness (QED) is 0.754. The summed E-state index contributed by atoms with van der Waals surface area (Å²) in [4.78, 5) is 14.8. The average molecular weight is 322 g/mol. The highest BCUT2D eigenvalue weighted by atomic mass is 79.9. The summed E-state index contributed by atoms with van der Waals surface area (Å²) in [5.41, 5.74) is 2.43. The van der Waals surface area contributed by atoms with E-state index in [1.807, 2.05) is 6.07 Å². The zero-order valence-corrected chi connectivity index (χ0v) is 12.9. The van der Waals surface area contributed by atoms with Crippen molar-refractivity contribution in [3.63, 3.8) is 0 Å². The molecule has 102 valence electrons. The number of carbonyl (C=O) groups is 1. The van der Waals surface area contributed by atoms with Crippen LogP contribution < -0.4 is 4.90 Å². The van der Waals surface area contributed by atoms with E-state index in [0.717, 1.165) is 29.4 Å². The van der Waals surface area contributed by atoms with Gasteiger partial charge in [-0.1, -0.05) is 35.2 Å². The van der Waals surface area contributed by atoms with E-state index >= 15 is 0 Å². The van der Waals surface area contributed by atoms with Crippen LogP contribution in [0.25, 0.3) is 0 Å². The van der Waals surface area contributed by atoms with Crippen LogP contribution in [0.1, 0.15) is 44.6 Å². The van der Waals surface area contributed by atoms with Gasteiger partial charge in [0.2, 0.25) is 5.91 Å². The largest absolute Gasteiger partial charge is 0.309 e. The molecule has 1 aliphatic carbocycles. The number of fused-ring (bicyclic) bond motifs is 1. The fourth-order valence-electron chi connectivity index (χ4n) is 3.48. The summed E-state index contributed by atoms with van der Waals surface area (Å²) in [5, 5.41) is 0. The monoisotopic (exact) mass is 321 g/mol. The van der Waals surface area contributed by atoms with E-state index in [2.05, 4.69) is 39.9 Å². The summed E-state index contributed by atoms with van der Waals surface area (Å²) in [5.74, 6) is 0.610. The van der Waals surface area contributed by atoms with Crippen molar-refractivity contribution in [2.24, 2.45) is 5.92 Å². The molecule has 3 heteroatoms. The van der Waals surface area contributed by atoms with Crippen molar-refractivity contribution in [1.29, 1.82) is 0 Å². The highest BCUT2D eigenvalue weighted by Crippen LogP contribution is 2.37. The Labute approximate surface area is 123 Å². The number of carbonyl (C=O) groups excluding carboxylic acids is 1. The van der Waals surface area contributed by atoms with Crippen molar-refractivity contribution in [3.05, 3.63) is 28.2 Å². The molecule has 2 nitrogen and oxygen atoms in total. The smallest absolute Gasteiger partial charge is 0.230 e. The number of amides is 1. The van der Waals surface area contributed by atoms with E-state index in [9.17, 15) is 4.79 Å². The third kappa shape index (κ3) is 2.45. The van der Waals surface area contributed by atoms with Gasteiger partial charge in [0.25, 0.3) is 0 Å². The molecular formula is C16H20BrNO. The highest BCUT2D eigenvalue weighted by molar-refractivity contribution is 9.10.